The number of aromatic nitrogens is 3. The Kier molecular flexibility index (Phi) is 7.64. The van der Waals surface area contributed by atoms with Crippen LogP contribution in [0.3, 0.4) is 0 Å². The highest BCUT2D eigenvalue weighted by atomic mass is 32.2. The Labute approximate surface area is 330 Å². The van der Waals surface area contributed by atoms with Gasteiger partial charge >= 0.3 is 0 Å². The average Bonchev–Trinajstić information content (AvgIpc) is 3.57. The fraction of sp³-hybridized carbons (Fsp3) is 0.0192. The van der Waals surface area contributed by atoms with Gasteiger partial charge in [-0.1, -0.05) is 194 Å². The van der Waals surface area contributed by atoms with E-state index in [1.54, 1.807) is 0 Å². The zero-order chi connectivity index (χ0) is 37.1. The van der Waals surface area contributed by atoms with Crippen LogP contribution in [0.4, 0.5) is 0 Å². The number of rotatable bonds is 5. The number of nitrogens with zero attached hydrogens (tertiary/aromatic N) is 3. The standard InChI is InChI=1S/C52H33N3S/c1-3-15-35(16-4-1)49-50(36-17-5-2-6-18-36)54-55-51(53-49)37-29-27-34(28-30-37)39-19-7-8-20-40(39)38-31-32-42-41-21-9-10-22-43(41)52(46(42)33-38)44-23-11-13-25-47(44)56-48-26-14-12-24-45(48)52/h1-33H. The topological polar surface area (TPSA) is 38.7 Å². The first-order chi connectivity index (χ1) is 27.8. The normalized spacial score (nSPS) is 13.1. The predicted molar refractivity (Wildman–Crippen MR) is 228 cm³/mol. The molecule has 0 atom stereocenters. The van der Waals surface area contributed by atoms with Crippen molar-refractivity contribution in [2.24, 2.45) is 0 Å². The summed E-state index contributed by atoms with van der Waals surface area (Å²) in [4.78, 5) is 7.73. The third kappa shape index (κ3) is 5.03. The van der Waals surface area contributed by atoms with Crippen LogP contribution in [0.15, 0.2) is 210 Å². The summed E-state index contributed by atoms with van der Waals surface area (Å²) < 4.78 is 0. The molecule has 11 rings (SSSR count). The van der Waals surface area contributed by atoms with Gasteiger partial charge in [0.2, 0.25) is 0 Å². The summed E-state index contributed by atoms with van der Waals surface area (Å²) >= 11 is 1.88. The molecular formula is C52H33N3S. The quantitative estimate of drug-likeness (QED) is 0.177. The third-order valence-electron chi connectivity index (χ3n) is 11.3. The Hall–Kier alpha value is -6.88. The maximum atomic E-state index is 5.11. The smallest absolute Gasteiger partial charge is 0.182 e. The number of benzene rings is 8. The lowest BCUT2D eigenvalue weighted by Gasteiger charge is -2.39. The van der Waals surface area contributed by atoms with Crippen molar-refractivity contribution in [3.63, 3.8) is 0 Å². The molecule has 2 aliphatic rings. The van der Waals surface area contributed by atoms with Gasteiger partial charge in [0.1, 0.15) is 11.4 Å². The first-order valence-corrected chi connectivity index (χ1v) is 19.8. The molecule has 1 aliphatic carbocycles. The van der Waals surface area contributed by atoms with E-state index in [9.17, 15) is 0 Å². The van der Waals surface area contributed by atoms with E-state index in [0.717, 1.165) is 33.6 Å². The van der Waals surface area contributed by atoms with Crippen LogP contribution >= 0.6 is 11.8 Å². The molecule has 3 nitrogen and oxygen atoms in total. The van der Waals surface area contributed by atoms with E-state index in [1.807, 2.05) is 48.2 Å². The summed E-state index contributed by atoms with van der Waals surface area (Å²) in [5, 5.41) is 9.37. The molecule has 0 fully saturated rings. The fourth-order valence-corrected chi connectivity index (χ4v) is 10.0. The minimum absolute atomic E-state index is 0.417. The van der Waals surface area contributed by atoms with Crippen molar-refractivity contribution in [1.29, 1.82) is 0 Å². The maximum absolute atomic E-state index is 5.11. The first kappa shape index (κ1) is 32.5. The van der Waals surface area contributed by atoms with E-state index in [1.165, 1.54) is 59.9 Å². The van der Waals surface area contributed by atoms with Gasteiger partial charge in [-0.3, -0.25) is 0 Å². The molecule has 0 N–H and O–H groups in total. The summed E-state index contributed by atoms with van der Waals surface area (Å²) in [6.07, 6.45) is 0. The summed E-state index contributed by atoms with van der Waals surface area (Å²) in [5.74, 6) is 0.595. The lowest BCUT2D eigenvalue weighted by Crippen LogP contribution is -2.31. The van der Waals surface area contributed by atoms with Gasteiger partial charge in [0, 0.05) is 26.5 Å². The Morgan fingerprint density at radius 1 is 0.321 bits per heavy atom. The largest absolute Gasteiger partial charge is 0.224 e. The zero-order valence-electron chi connectivity index (χ0n) is 30.3. The van der Waals surface area contributed by atoms with Crippen LogP contribution in [-0.2, 0) is 5.41 Å². The molecule has 2 heterocycles. The molecule has 8 aromatic carbocycles. The van der Waals surface area contributed by atoms with Crippen molar-refractivity contribution in [1.82, 2.24) is 15.2 Å². The number of hydrogen-bond acceptors (Lipinski definition) is 4. The summed E-state index contributed by atoms with van der Waals surface area (Å²) in [5.41, 5.74) is 16.7. The predicted octanol–water partition coefficient (Wildman–Crippen LogP) is 13.0. The zero-order valence-corrected chi connectivity index (χ0v) is 31.1. The first-order valence-electron chi connectivity index (χ1n) is 18.9. The minimum Gasteiger partial charge on any atom is -0.224 e. The van der Waals surface area contributed by atoms with Crippen molar-refractivity contribution in [3.8, 4) is 67.3 Å². The van der Waals surface area contributed by atoms with Crippen molar-refractivity contribution in [2.45, 2.75) is 15.2 Å². The lowest BCUT2D eigenvalue weighted by molar-refractivity contribution is 0.722. The molecule has 262 valence electrons. The molecule has 0 saturated carbocycles. The molecule has 9 aromatic rings. The van der Waals surface area contributed by atoms with Crippen molar-refractivity contribution < 1.29 is 0 Å². The van der Waals surface area contributed by atoms with Gasteiger partial charge in [-0.2, -0.15) is 0 Å². The molecule has 0 amide bonds. The van der Waals surface area contributed by atoms with E-state index in [4.69, 9.17) is 10.1 Å². The molecule has 1 spiro atoms. The highest BCUT2D eigenvalue weighted by Gasteiger charge is 2.50. The molecule has 1 aliphatic heterocycles. The van der Waals surface area contributed by atoms with Crippen molar-refractivity contribution in [2.75, 3.05) is 0 Å². The van der Waals surface area contributed by atoms with Crippen LogP contribution in [0.1, 0.15) is 22.3 Å². The number of hydrogen-bond donors (Lipinski definition) is 0. The van der Waals surface area contributed by atoms with E-state index >= 15 is 0 Å². The van der Waals surface area contributed by atoms with E-state index in [-0.39, 0.29) is 0 Å². The summed E-state index contributed by atoms with van der Waals surface area (Å²) in [7, 11) is 0. The SMILES string of the molecule is c1ccc(-c2nnc(-c3ccc(-c4ccccc4-c4ccc5c(c4)C4(c6ccccc6Sc6ccccc64)c4ccccc4-5)cc3)nc2-c2ccccc2)cc1. The van der Waals surface area contributed by atoms with Gasteiger partial charge in [0.05, 0.1) is 5.41 Å². The van der Waals surface area contributed by atoms with Crippen LogP contribution in [0.5, 0.6) is 0 Å². The Balaban J connectivity index is 1.02. The van der Waals surface area contributed by atoms with Crippen LogP contribution in [0, 0.1) is 0 Å². The van der Waals surface area contributed by atoms with Gasteiger partial charge < -0.3 is 0 Å². The second-order valence-corrected chi connectivity index (χ2v) is 15.4. The molecule has 56 heavy (non-hydrogen) atoms. The molecule has 0 unspecified atom stereocenters. The highest BCUT2D eigenvalue weighted by molar-refractivity contribution is 7.99. The Morgan fingerprint density at radius 2 is 0.804 bits per heavy atom. The van der Waals surface area contributed by atoms with E-state index < -0.39 is 5.41 Å². The second-order valence-electron chi connectivity index (χ2n) is 14.3. The van der Waals surface area contributed by atoms with Crippen molar-refractivity contribution in [3.05, 3.63) is 222 Å². The molecule has 0 radical (unpaired) electrons. The van der Waals surface area contributed by atoms with Gasteiger partial charge in [-0.25, -0.2) is 4.98 Å². The molecule has 4 heteroatoms. The van der Waals surface area contributed by atoms with E-state index in [2.05, 4.69) is 169 Å². The Morgan fingerprint density at radius 3 is 1.46 bits per heavy atom. The lowest BCUT2D eigenvalue weighted by atomic mass is 9.67. The molecule has 0 saturated heterocycles. The monoisotopic (exact) mass is 731 g/mol. The van der Waals surface area contributed by atoms with Gasteiger partial charge in [-0.05, 0) is 73.8 Å². The maximum Gasteiger partial charge on any atom is 0.182 e. The van der Waals surface area contributed by atoms with Crippen LogP contribution in [-0.4, -0.2) is 15.2 Å². The van der Waals surface area contributed by atoms with Crippen molar-refractivity contribution >= 4 is 11.8 Å². The minimum atomic E-state index is -0.417. The van der Waals surface area contributed by atoms with Gasteiger partial charge in [0.25, 0.3) is 0 Å². The molecular weight excluding hydrogens is 699 g/mol. The molecule has 0 bridgehead atoms. The molecule has 1 aromatic heterocycles. The highest BCUT2D eigenvalue weighted by Crippen LogP contribution is 2.62. The third-order valence-corrected chi connectivity index (χ3v) is 12.5. The van der Waals surface area contributed by atoms with Crippen LogP contribution in [0.2, 0.25) is 0 Å². The summed E-state index contributed by atoms with van der Waals surface area (Å²) in [6, 6.07) is 71.8. The Bertz CT molecular complexity index is 2890. The average molecular weight is 732 g/mol. The van der Waals surface area contributed by atoms with Crippen LogP contribution in [0.25, 0.3) is 67.3 Å². The second kappa shape index (κ2) is 13.2. The fourth-order valence-electron chi connectivity index (χ4n) is 8.84. The van der Waals surface area contributed by atoms with E-state index in [0.29, 0.717) is 5.82 Å². The van der Waals surface area contributed by atoms with Gasteiger partial charge in [-0.15, -0.1) is 10.2 Å². The van der Waals surface area contributed by atoms with Gasteiger partial charge in [0.15, 0.2) is 5.82 Å². The number of fused-ring (bicyclic) bond motifs is 9. The summed E-state index contributed by atoms with van der Waals surface area (Å²) in [6.45, 7) is 0. The van der Waals surface area contributed by atoms with Crippen LogP contribution < -0.4 is 0 Å².